The van der Waals surface area contributed by atoms with Crippen LogP contribution in [0.5, 0.6) is 0 Å². The maximum Gasteiger partial charge on any atom is 0.295 e. The Kier molecular flexibility index (Phi) is 5.20. The van der Waals surface area contributed by atoms with Gasteiger partial charge in [-0.2, -0.15) is 0 Å². The summed E-state index contributed by atoms with van der Waals surface area (Å²) in [4.78, 5) is 26.0. The minimum absolute atomic E-state index is 0.230. The van der Waals surface area contributed by atoms with Crippen molar-refractivity contribution in [2.45, 2.75) is 31.6 Å². The van der Waals surface area contributed by atoms with E-state index in [0.29, 0.717) is 5.69 Å². The molecular weight excluding hydrogens is 320 g/mol. The zero-order valence-corrected chi connectivity index (χ0v) is 14.4. The number of aryl methyl sites for hydroxylation is 1. The first kappa shape index (κ1) is 16.6. The van der Waals surface area contributed by atoms with Gasteiger partial charge in [0.05, 0.1) is 5.69 Å². The van der Waals surface area contributed by atoms with Crippen molar-refractivity contribution in [1.82, 2.24) is 0 Å². The van der Waals surface area contributed by atoms with Crippen molar-refractivity contribution >= 4 is 34.3 Å². The van der Waals surface area contributed by atoms with E-state index in [9.17, 15) is 9.59 Å². The quantitative estimate of drug-likeness (QED) is 0.830. The van der Waals surface area contributed by atoms with Gasteiger partial charge < -0.3 is 5.32 Å². The first-order valence-electron chi connectivity index (χ1n) is 8.14. The summed E-state index contributed by atoms with van der Waals surface area (Å²) in [5, 5.41) is 2.32. The van der Waals surface area contributed by atoms with E-state index in [2.05, 4.69) is 24.4 Å². The molecule has 2 aromatic carbocycles. The Balaban J connectivity index is 1.68. The molecule has 0 aliphatic carbocycles. The lowest BCUT2D eigenvalue weighted by atomic mass is 10.1. The van der Waals surface area contributed by atoms with Gasteiger partial charge in [-0.05, 0) is 54.4 Å². The highest BCUT2D eigenvalue weighted by molar-refractivity contribution is 8.16. The number of para-hydroxylation sites is 1. The van der Waals surface area contributed by atoms with Crippen LogP contribution in [0.2, 0.25) is 0 Å². The van der Waals surface area contributed by atoms with E-state index in [0.717, 1.165) is 23.9 Å². The van der Waals surface area contributed by atoms with E-state index in [-0.39, 0.29) is 11.1 Å². The largest absolute Gasteiger partial charge is 0.365 e. The van der Waals surface area contributed by atoms with Crippen LogP contribution in [0.4, 0.5) is 16.2 Å². The summed E-state index contributed by atoms with van der Waals surface area (Å²) in [6.07, 6.45) is 3.41. The Bertz CT molecular complexity index is 716. The molecule has 1 heterocycles. The number of hydrogen-bond donors (Lipinski definition) is 1. The third-order valence-electron chi connectivity index (χ3n) is 3.93. The van der Waals surface area contributed by atoms with E-state index in [1.165, 1.54) is 23.3 Å². The number of hydrogen-bond acceptors (Lipinski definition) is 4. The molecule has 4 nitrogen and oxygen atoms in total. The van der Waals surface area contributed by atoms with Crippen LogP contribution < -0.4 is 10.2 Å². The molecule has 1 atom stereocenters. The third-order valence-corrected chi connectivity index (χ3v) is 4.87. The molecule has 1 aliphatic rings. The van der Waals surface area contributed by atoms with Gasteiger partial charge >= 0.3 is 0 Å². The molecule has 1 N–H and O–H groups in total. The topological polar surface area (TPSA) is 49.4 Å². The van der Waals surface area contributed by atoms with Crippen LogP contribution in [-0.2, 0) is 11.2 Å². The smallest absolute Gasteiger partial charge is 0.295 e. The molecule has 1 aliphatic heterocycles. The number of carbonyl (C=O) groups is 2. The van der Waals surface area contributed by atoms with Crippen LogP contribution in [-0.4, -0.2) is 16.5 Å². The molecule has 1 saturated heterocycles. The van der Waals surface area contributed by atoms with Crippen molar-refractivity contribution in [3.63, 3.8) is 0 Å². The molecular formula is C19H20N2O2S. The van der Waals surface area contributed by atoms with Gasteiger partial charge in [0, 0.05) is 5.69 Å². The minimum Gasteiger partial charge on any atom is -0.365 e. The van der Waals surface area contributed by atoms with Crippen LogP contribution >= 0.6 is 11.8 Å². The maximum absolute atomic E-state index is 12.6. The highest BCUT2D eigenvalue weighted by Gasteiger charge is 2.40. The molecule has 2 amide bonds. The van der Waals surface area contributed by atoms with Gasteiger partial charge in [-0.1, -0.05) is 43.7 Å². The van der Waals surface area contributed by atoms with Crippen molar-refractivity contribution < 1.29 is 9.59 Å². The Morgan fingerprint density at radius 3 is 2.42 bits per heavy atom. The molecule has 0 saturated carbocycles. The number of amides is 2. The van der Waals surface area contributed by atoms with Crippen LogP contribution in [0, 0.1) is 0 Å². The Morgan fingerprint density at radius 2 is 1.75 bits per heavy atom. The van der Waals surface area contributed by atoms with Crippen molar-refractivity contribution in [1.29, 1.82) is 0 Å². The lowest BCUT2D eigenvalue weighted by molar-refractivity contribution is -0.116. The summed E-state index contributed by atoms with van der Waals surface area (Å²) in [5.41, 5.74) is 2.75. The van der Waals surface area contributed by atoms with Gasteiger partial charge in [0.25, 0.3) is 11.1 Å². The highest BCUT2D eigenvalue weighted by Crippen LogP contribution is 2.32. The van der Waals surface area contributed by atoms with Crippen molar-refractivity contribution in [3.05, 3.63) is 60.2 Å². The fourth-order valence-electron chi connectivity index (χ4n) is 2.61. The number of rotatable bonds is 6. The second kappa shape index (κ2) is 7.53. The maximum atomic E-state index is 12.6. The van der Waals surface area contributed by atoms with Crippen LogP contribution in [0.1, 0.15) is 25.3 Å². The van der Waals surface area contributed by atoms with E-state index < -0.39 is 5.37 Å². The number of anilines is 2. The van der Waals surface area contributed by atoms with Gasteiger partial charge in [0.15, 0.2) is 5.37 Å². The number of carbonyl (C=O) groups excluding carboxylic acids is 2. The normalized spacial score (nSPS) is 17.4. The number of nitrogens with zero attached hydrogens (tertiary/aromatic N) is 1. The molecule has 0 spiro atoms. The molecule has 0 bridgehead atoms. The number of unbranched alkanes of at least 4 members (excludes halogenated alkanes) is 1. The average Bonchev–Trinajstić information content (AvgIpc) is 2.88. The minimum atomic E-state index is -0.584. The molecule has 1 fully saturated rings. The SMILES string of the molecule is CCCCc1ccc(N[C@@H]2SC(=O)N(c3ccccc3)C2=O)cc1. The monoisotopic (exact) mass is 340 g/mol. The first-order valence-corrected chi connectivity index (χ1v) is 9.02. The number of thioether (sulfide) groups is 1. The standard InChI is InChI=1S/C19H20N2O2S/c1-2-3-7-14-10-12-15(13-11-14)20-17-18(22)21(19(23)24-17)16-8-5-4-6-9-16/h4-6,8-13,17,20H,2-3,7H2,1H3/t17-/m1/s1. The molecule has 5 heteroatoms. The third kappa shape index (κ3) is 3.62. The molecule has 0 aromatic heterocycles. The highest BCUT2D eigenvalue weighted by atomic mass is 32.2. The molecule has 3 rings (SSSR count). The molecule has 2 aromatic rings. The fraction of sp³-hybridized carbons (Fsp3) is 0.263. The Labute approximate surface area is 146 Å². The average molecular weight is 340 g/mol. The van der Waals surface area contributed by atoms with Crippen LogP contribution in [0.25, 0.3) is 0 Å². The predicted molar refractivity (Wildman–Crippen MR) is 99.4 cm³/mol. The zero-order valence-electron chi connectivity index (χ0n) is 13.6. The second-order valence-corrected chi connectivity index (χ2v) is 6.77. The summed E-state index contributed by atoms with van der Waals surface area (Å²) in [7, 11) is 0. The lowest BCUT2D eigenvalue weighted by Crippen LogP contribution is -2.34. The lowest BCUT2D eigenvalue weighted by Gasteiger charge is -2.15. The van der Waals surface area contributed by atoms with Crippen LogP contribution in [0.15, 0.2) is 54.6 Å². The number of nitrogens with one attached hydrogen (secondary N) is 1. The van der Waals surface area contributed by atoms with Gasteiger partial charge in [0.2, 0.25) is 0 Å². The predicted octanol–water partition coefficient (Wildman–Crippen LogP) is 4.67. The molecule has 124 valence electrons. The Hall–Kier alpha value is -2.27. The summed E-state index contributed by atoms with van der Waals surface area (Å²) in [6, 6.07) is 17.1. The van der Waals surface area contributed by atoms with E-state index >= 15 is 0 Å². The van der Waals surface area contributed by atoms with Crippen molar-refractivity contribution in [2.24, 2.45) is 0 Å². The van der Waals surface area contributed by atoms with E-state index in [1.807, 2.05) is 30.3 Å². The summed E-state index contributed by atoms with van der Waals surface area (Å²) < 4.78 is 0. The summed E-state index contributed by atoms with van der Waals surface area (Å²) >= 11 is 1.02. The molecule has 0 radical (unpaired) electrons. The van der Waals surface area contributed by atoms with Crippen LogP contribution in [0.3, 0.4) is 0 Å². The van der Waals surface area contributed by atoms with Gasteiger partial charge in [-0.25, -0.2) is 4.90 Å². The van der Waals surface area contributed by atoms with Gasteiger partial charge in [-0.15, -0.1) is 0 Å². The molecule has 0 unspecified atom stereocenters. The van der Waals surface area contributed by atoms with Crippen molar-refractivity contribution in [2.75, 3.05) is 10.2 Å². The van der Waals surface area contributed by atoms with E-state index in [1.54, 1.807) is 12.1 Å². The van der Waals surface area contributed by atoms with Gasteiger partial charge in [0.1, 0.15) is 0 Å². The Morgan fingerprint density at radius 1 is 1.04 bits per heavy atom. The molecule has 24 heavy (non-hydrogen) atoms. The summed E-state index contributed by atoms with van der Waals surface area (Å²) in [6.45, 7) is 2.17. The zero-order chi connectivity index (χ0) is 16.9. The number of imide groups is 1. The van der Waals surface area contributed by atoms with Crippen molar-refractivity contribution in [3.8, 4) is 0 Å². The van der Waals surface area contributed by atoms with Gasteiger partial charge in [-0.3, -0.25) is 9.59 Å². The first-order chi connectivity index (χ1) is 11.7. The second-order valence-electron chi connectivity index (χ2n) is 5.72. The fourth-order valence-corrected chi connectivity index (χ4v) is 3.52. The van der Waals surface area contributed by atoms with E-state index in [4.69, 9.17) is 0 Å². The number of benzene rings is 2. The summed E-state index contributed by atoms with van der Waals surface area (Å²) in [5.74, 6) is -0.230.